The largest absolute Gasteiger partial charge is 0.489 e. The number of halogens is 1. The number of benzene rings is 2. The van der Waals surface area contributed by atoms with Crippen molar-refractivity contribution >= 4 is 23.2 Å². The topological polar surface area (TPSA) is 75.0 Å². The van der Waals surface area contributed by atoms with E-state index < -0.39 is 0 Å². The van der Waals surface area contributed by atoms with Crippen molar-refractivity contribution in [3.8, 4) is 11.8 Å². The van der Waals surface area contributed by atoms with E-state index >= 15 is 0 Å². The van der Waals surface area contributed by atoms with Gasteiger partial charge in [0.15, 0.2) is 0 Å². The predicted molar refractivity (Wildman–Crippen MR) is 99.1 cm³/mol. The van der Waals surface area contributed by atoms with Crippen LogP contribution >= 0.6 is 11.6 Å². The van der Waals surface area contributed by atoms with Gasteiger partial charge < -0.3 is 10.1 Å². The molecule has 0 aliphatic heterocycles. The lowest BCUT2D eigenvalue weighted by molar-refractivity contribution is 0.102. The second-order valence-electron chi connectivity index (χ2n) is 5.45. The number of nitrogens with one attached hydrogen (secondary N) is 1. The van der Waals surface area contributed by atoms with E-state index in [0.29, 0.717) is 34.3 Å². The maximum atomic E-state index is 12.2. The van der Waals surface area contributed by atoms with Crippen LogP contribution in [0.3, 0.4) is 0 Å². The minimum absolute atomic E-state index is 0.284. The molecule has 0 saturated heterocycles. The number of hydrogen-bond donors (Lipinski definition) is 1. The Labute approximate surface area is 155 Å². The van der Waals surface area contributed by atoms with Crippen molar-refractivity contribution < 1.29 is 9.53 Å². The molecule has 0 bridgehead atoms. The molecule has 128 valence electrons. The van der Waals surface area contributed by atoms with Crippen molar-refractivity contribution in [3.63, 3.8) is 0 Å². The molecule has 0 aliphatic carbocycles. The summed E-state index contributed by atoms with van der Waals surface area (Å²) in [6.07, 6.45) is 1.42. The number of hydrogen-bond acceptors (Lipinski definition) is 4. The van der Waals surface area contributed by atoms with Crippen LogP contribution in [0, 0.1) is 11.3 Å². The lowest BCUT2D eigenvalue weighted by Gasteiger charge is -2.09. The Morgan fingerprint density at radius 1 is 1.15 bits per heavy atom. The molecule has 3 aromatic rings. The summed E-state index contributed by atoms with van der Waals surface area (Å²) < 4.78 is 5.74. The minimum Gasteiger partial charge on any atom is -0.489 e. The Morgan fingerprint density at radius 2 is 2.00 bits per heavy atom. The maximum Gasteiger partial charge on any atom is 0.257 e. The first-order chi connectivity index (χ1) is 12.6. The van der Waals surface area contributed by atoms with Gasteiger partial charge in [-0.2, -0.15) is 5.26 Å². The summed E-state index contributed by atoms with van der Waals surface area (Å²) in [4.78, 5) is 16.1. The predicted octanol–water partition coefficient (Wildman–Crippen LogP) is 4.44. The number of amides is 1. The minimum atomic E-state index is -0.284. The van der Waals surface area contributed by atoms with Gasteiger partial charge in [0.1, 0.15) is 17.5 Å². The van der Waals surface area contributed by atoms with Crippen LogP contribution in [0.1, 0.15) is 21.5 Å². The van der Waals surface area contributed by atoms with Gasteiger partial charge in [0.05, 0.1) is 17.2 Å². The summed E-state index contributed by atoms with van der Waals surface area (Å²) in [5.74, 6) is 0.326. The van der Waals surface area contributed by atoms with Gasteiger partial charge in [-0.05, 0) is 42.0 Å². The zero-order valence-electron chi connectivity index (χ0n) is 13.6. The monoisotopic (exact) mass is 363 g/mol. The van der Waals surface area contributed by atoms with E-state index in [-0.39, 0.29) is 5.91 Å². The average molecular weight is 364 g/mol. The molecule has 1 aromatic heterocycles. The van der Waals surface area contributed by atoms with Crippen molar-refractivity contribution in [2.24, 2.45) is 0 Å². The van der Waals surface area contributed by atoms with Crippen LogP contribution in [0.25, 0.3) is 0 Å². The highest BCUT2D eigenvalue weighted by Crippen LogP contribution is 2.20. The molecular weight excluding hydrogens is 350 g/mol. The van der Waals surface area contributed by atoms with E-state index in [4.69, 9.17) is 21.6 Å². The molecule has 3 rings (SSSR count). The summed E-state index contributed by atoms with van der Waals surface area (Å²) in [7, 11) is 0. The third-order valence-corrected chi connectivity index (χ3v) is 3.77. The molecule has 5 nitrogen and oxygen atoms in total. The lowest BCUT2D eigenvalue weighted by atomic mass is 10.1. The van der Waals surface area contributed by atoms with E-state index in [1.165, 1.54) is 6.20 Å². The third-order valence-electron chi connectivity index (χ3n) is 3.54. The van der Waals surface area contributed by atoms with E-state index in [9.17, 15) is 4.79 Å². The Balaban J connectivity index is 1.65. The fourth-order valence-corrected chi connectivity index (χ4v) is 2.39. The number of carbonyl (C=O) groups is 1. The summed E-state index contributed by atoms with van der Waals surface area (Å²) in [5.41, 5.74) is 2.50. The second-order valence-corrected chi connectivity index (χ2v) is 5.84. The third kappa shape index (κ3) is 4.59. The van der Waals surface area contributed by atoms with E-state index in [0.717, 1.165) is 5.56 Å². The molecule has 26 heavy (non-hydrogen) atoms. The number of ether oxygens (including phenoxy) is 1. The highest BCUT2D eigenvalue weighted by atomic mass is 35.5. The molecule has 2 aromatic carbocycles. The van der Waals surface area contributed by atoms with Crippen LogP contribution < -0.4 is 10.1 Å². The van der Waals surface area contributed by atoms with Crippen molar-refractivity contribution in [2.75, 3.05) is 5.32 Å². The normalized spacial score (nSPS) is 10.0. The standard InChI is InChI=1S/C20H14ClN3O2/c21-19-8-7-16(12-23-19)20(25)24-17-5-2-6-18(10-17)26-13-15-4-1-3-14(9-15)11-22/h1-10,12H,13H2,(H,24,25). The molecule has 0 radical (unpaired) electrons. The van der Waals surface area contributed by atoms with Gasteiger partial charge in [-0.1, -0.05) is 29.8 Å². The average Bonchev–Trinajstić information content (AvgIpc) is 2.67. The van der Waals surface area contributed by atoms with Gasteiger partial charge in [-0.3, -0.25) is 4.79 Å². The number of nitriles is 1. The lowest BCUT2D eigenvalue weighted by Crippen LogP contribution is -2.12. The van der Waals surface area contributed by atoms with E-state index in [2.05, 4.69) is 16.4 Å². The summed E-state index contributed by atoms with van der Waals surface area (Å²) in [6, 6.07) is 19.6. The molecule has 1 amide bonds. The van der Waals surface area contributed by atoms with E-state index in [1.54, 1.807) is 48.5 Å². The number of anilines is 1. The smallest absolute Gasteiger partial charge is 0.257 e. The molecule has 0 atom stereocenters. The molecule has 0 spiro atoms. The Kier molecular flexibility index (Phi) is 5.47. The number of aromatic nitrogens is 1. The van der Waals surface area contributed by atoms with Crippen LogP contribution in [-0.4, -0.2) is 10.9 Å². The quantitative estimate of drug-likeness (QED) is 0.680. The van der Waals surface area contributed by atoms with Gasteiger partial charge in [0, 0.05) is 18.0 Å². The molecule has 1 N–H and O–H groups in total. The van der Waals surface area contributed by atoms with Crippen molar-refractivity contribution in [3.05, 3.63) is 88.7 Å². The van der Waals surface area contributed by atoms with Crippen molar-refractivity contribution in [2.45, 2.75) is 6.61 Å². The van der Waals surface area contributed by atoms with Gasteiger partial charge in [0.2, 0.25) is 0 Å². The number of nitrogens with zero attached hydrogens (tertiary/aromatic N) is 2. The first-order valence-electron chi connectivity index (χ1n) is 7.79. The Hall–Kier alpha value is -3.36. The Morgan fingerprint density at radius 3 is 2.77 bits per heavy atom. The van der Waals surface area contributed by atoms with Gasteiger partial charge >= 0.3 is 0 Å². The number of pyridine rings is 1. The zero-order chi connectivity index (χ0) is 18.4. The van der Waals surface area contributed by atoms with Gasteiger partial charge in [-0.25, -0.2) is 4.98 Å². The SMILES string of the molecule is N#Cc1cccc(COc2cccc(NC(=O)c3ccc(Cl)nc3)c2)c1. The molecule has 0 aliphatic rings. The molecule has 0 fully saturated rings. The van der Waals surface area contributed by atoms with Gasteiger partial charge in [-0.15, -0.1) is 0 Å². The fraction of sp³-hybridized carbons (Fsp3) is 0.0500. The highest BCUT2D eigenvalue weighted by molar-refractivity contribution is 6.29. The zero-order valence-corrected chi connectivity index (χ0v) is 14.4. The first-order valence-corrected chi connectivity index (χ1v) is 8.16. The van der Waals surface area contributed by atoms with E-state index in [1.807, 2.05) is 12.1 Å². The molecule has 0 unspecified atom stereocenters. The molecule has 6 heteroatoms. The van der Waals surface area contributed by atoms with Crippen LogP contribution in [0.2, 0.25) is 5.15 Å². The number of rotatable bonds is 5. The Bertz CT molecular complexity index is 965. The summed E-state index contributed by atoms with van der Waals surface area (Å²) in [5, 5.41) is 12.1. The fourth-order valence-electron chi connectivity index (χ4n) is 2.27. The number of carbonyl (C=O) groups excluding carboxylic acids is 1. The van der Waals surface area contributed by atoms with Gasteiger partial charge in [0.25, 0.3) is 5.91 Å². The van der Waals surface area contributed by atoms with Crippen LogP contribution in [0.5, 0.6) is 5.75 Å². The van der Waals surface area contributed by atoms with Crippen LogP contribution in [0.4, 0.5) is 5.69 Å². The first kappa shape index (κ1) is 17.5. The second kappa shape index (κ2) is 8.15. The van der Waals surface area contributed by atoms with Crippen LogP contribution in [-0.2, 0) is 6.61 Å². The van der Waals surface area contributed by atoms with Crippen LogP contribution in [0.15, 0.2) is 66.9 Å². The maximum absolute atomic E-state index is 12.2. The molecule has 1 heterocycles. The molecular formula is C20H14ClN3O2. The summed E-state index contributed by atoms with van der Waals surface area (Å²) >= 11 is 5.72. The summed E-state index contributed by atoms with van der Waals surface area (Å²) in [6.45, 7) is 0.327. The van der Waals surface area contributed by atoms with Crippen molar-refractivity contribution in [1.82, 2.24) is 4.98 Å². The molecule has 0 saturated carbocycles. The highest BCUT2D eigenvalue weighted by Gasteiger charge is 2.07. The van der Waals surface area contributed by atoms with Crippen molar-refractivity contribution in [1.29, 1.82) is 5.26 Å².